The van der Waals surface area contributed by atoms with Crippen LogP contribution in [0.1, 0.15) is 36.6 Å². The Morgan fingerprint density at radius 3 is 2.43 bits per heavy atom. The van der Waals surface area contributed by atoms with Crippen LogP contribution < -0.4 is 0 Å². The largest absolute Gasteiger partial charge is 0.137 e. The van der Waals surface area contributed by atoms with Gasteiger partial charge < -0.3 is 0 Å². The highest BCUT2D eigenvalue weighted by Crippen LogP contribution is 2.43. The van der Waals surface area contributed by atoms with Crippen molar-refractivity contribution in [1.82, 2.24) is 0 Å². The fourth-order valence-electron chi connectivity index (χ4n) is 2.31. The summed E-state index contributed by atoms with van der Waals surface area (Å²) in [6.45, 7) is 4.16. The van der Waals surface area contributed by atoms with Crippen molar-refractivity contribution in [2.45, 2.75) is 26.3 Å². The summed E-state index contributed by atoms with van der Waals surface area (Å²) in [5.74, 6) is 0.341. The summed E-state index contributed by atoms with van der Waals surface area (Å²) in [5, 5.41) is 5.93. The SMILES string of the molecule is Brc1cccs1.CC(C)C(N=[N+]=[N-])c1c2ccc(Br)c1C2. The second-order valence-electron chi connectivity index (χ2n) is 5.09. The zero-order valence-corrected chi connectivity index (χ0v) is 15.7. The van der Waals surface area contributed by atoms with Crippen molar-refractivity contribution in [3.8, 4) is 0 Å². The molecule has 0 spiro atoms. The topological polar surface area (TPSA) is 48.8 Å². The maximum Gasteiger partial charge on any atom is 0.0698 e. The molecule has 0 saturated carbocycles. The lowest BCUT2D eigenvalue weighted by Gasteiger charge is -2.31. The van der Waals surface area contributed by atoms with Gasteiger partial charge in [-0.1, -0.05) is 47.0 Å². The average molecular weight is 429 g/mol. The minimum atomic E-state index is -0.0220. The Hall–Kier alpha value is -0.810. The monoisotopic (exact) mass is 427 g/mol. The molecule has 2 aliphatic rings. The molecule has 2 aliphatic carbocycles. The molecular formula is C15H15Br2N3S. The number of nitrogens with zero attached hydrogens (tertiary/aromatic N) is 3. The van der Waals surface area contributed by atoms with Crippen LogP contribution in [-0.4, -0.2) is 0 Å². The Labute approximate surface area is 145 Å². The van der Waals surface area contributed by atoms with Crippen LogP contribution in [0.25, 0.3) is 10.4 Å². The molecule has 3 nitrogen and oxygen atoms in total. The fraction of sp³-hybridized carbons (Fsp3) is 0.333. The first kappa shape index (κ1) is 16.6. The second-order valence-corrected chi connectivity index (χ2v) is 8.27. The lowest BCUT2D eigenvalue weighted by Crippen LogP contribution is -2.18. The minimum Gasteiger partial charge on any atom is -0.137 e. The molecular weight excluding hydrogens is 414 g/mol. The third kappa shape index (κ3) is 3.89. The highest BCUT2D eigenvalue weighted by molar-refractivity contribution is 9.11. The number of thiophene rings is 1. The Kier molecular flexibility index (Phi) is 5.88. The van der Waals surface area contributed by atoms with E-state index in [1.165, 1.54) is 20.5 Å². The fourth-order valence-corrected chi connectivity index (χ4v) is 3.72. The summed E-state index contributed by atoms with van der Waals surface area (Å²) in [6.07, 6.45) is 1.01. The van der Waals surface area contributed by atoms with Gasteiger partial charge in [-0.3, -0.25) is 0 Å². The number of hydrogen-bond donors (Lipinski definition) is 0. The third-order valence-electron chi connectivity index (χ3n) is 3.35. The van der Waals surface area contributed by atoms with Crippen molar-refractivity contribution >= 4 is 43.2 Å². The first-order valence-electron chi connectivity index (χ1n) is 6.58. The molecule has 2 aromatic rings. The molecule has 1 unspecified atom stereocenters. The van der Waals surface area contributed by atoms with Crippen LogP contribution in [0.4, 0.5) is 0 Å². The van der Waals surface area contributed by atoms with E-state index in [-0.39, 0.29) is 6.04 Å². The maximum absolute atomic E-state index is 8.57. The molecule has 2 bridgehead atoms. The normalized spacial score (nSPS) is 12.8. The summed E-state index contributed by atoms with van der Waals surface area (Å²) in [6, 6.07) is 8.17. The van der Waals surface area contributed by atoms with Crippen LogP contribution in [0.2, 0.25) is 0 Å². The summed E-state index contributed by atoms with van der Waals surface area (Å²) in [4.78, 5) is 2.94. The van der Waals surface area contributed by atoms with E-state index < -0.39 is 0 Å². The van der Waals surface area contributed by atoms with Gasteiger partial charge in [0, 0.05) is 9.38 Å². The van der Waals surface area contributed by atoms with E-state index in [1.54, 1.807) is 11.3 Å². The molecule has 0 radical (unpaired) electrons. The zero-order chi connectivity index (χ0) is 15.4. The van der Waals surface area contributed by atoms with Crippen LogP contribution in [0.5, 0.6) is 0 Å². The first-order chi connectivity index (χ1) is 10.0. The van der Waals surface area contributed by atoms with Crippen molar-refractivity contribution in [2.24, 2.45) is 11.0 Å². The van der Waals surface area contributed by atoms with Gasteiger partial charge in [0.2, 0.25) is 0 Å². The Balaban J connectivity index is 0.000000225. The Bertz CT molecular complexity index is 662. The van der Waals surface area contributed by atoms with Gasteiger partial charge >= 0.3 is 0 Å². The van der Waals surface area contributed by atoms with E-state index in [4.69, 9.17) is 5.53 Å². The van der Waals surface area contributed by atoms with Crippen LogP contribution in [0, 0.1) is 5.92 Å². The highest BCUT2D eigenvalue weighted by atomic mass is 79.9. The molecule has 0 amide bonds. The quantitative estimate of drug-likeness (QED) is 0.248. The van der Waals surface area contributed by atoms with Crippen molar-refractivity contribution in [1.29, 1.82) is 0 Å². The molecule has 0 saturated heterocycles. The summed E-state index contributed by atoms with van der Waals surface area (Å²) >= 11 is 8.52. The van der Waals surface area contributed by atoms with Crippen LogP contribution in [-0.2, 0) is 6.42 Å². The number of fused-ring (bicyclic) bond motifs is 2. The molecule has 110 valence electrons. The molecule has 0 N–H and O–H groups in total. The van der Waals surface area contributed by atoms with Gasteiger partial charge in [0.05, 0.1) is 9.83 Å². The lowest BCUT2D eigenvalue weighted by atomic mass is 9.78. The van der Waals surface area contributed by atoms with Crippen LogP contribution in [0.3, 0.4) is 0 Å². The van der Waals surface area contributed by atoms with Gasteiger partial charge in [-0.15, -0.1) is 11.3 Å². The van der Waals surface area contributed by atoms with Crippen LogP contribution >= 0.6 is 43.2 Å². The van der Waals surface area contributed by atoms with Crippen molar-refractivity contribution in [2.75, 3.05) is 0 Å². The van der Waals surface area contributed by atoms with Gasteiger partial charge in [-0.25, -0.2) is 0 Å². The molecule has 0 aliphatic heterocycles. The molecule has 1 atom stereocenters. The van der Waals surface area contributed by atoms with Gasteiger partial charge in [0.1, 0.15) is 0 Å². The molecule has 0 fully saturated rings. The Morgan fingerprint density at radius 1 is 1.29 bits per heavy atom. The average Bonchev–Trinajstić information content (AvgIpc) is 2.89. The zero-order valence-electron chi connectivity index (χ0n) is 11.8. The number of hydrogen-bond acceptors (Lipinski definition) is 2. The predicted molar refractivity (Wildman–Crippen MR) is 95.7 cm³/mol. The van der Waals surface area contributed by atoms with Gasteiger partial charge in [-0.2, -0.15) is 0 Å². The van der Waals surface area contributed by atoms with E-state index in [9.17, 15) is 0 Å². The van der Waals surface area contributed by atoms with E-state index in [0.29, 0.717) is 5.92 Å². The van der Waals surface area contributed by atoms with Gasteiger partial charge in [0.25, 0.3) is 0 Å². The minimum absolute atomic E-state index is 0.0220. The molecule has 1 aromatic heterocycles. The van der Waals surface area contributed by atoms with Crippen molar-refractivity contribution < 1.29 is 0 Å². The smallest absolute Gasteiger partial charge is 0.0698 e. The number of benzene rings is 1. The highest BCUT2D eigenvalue weighted by Gasteiger charge is 2.29. The maximum atomic E-state index is 8.57. The molecule has 4 rings (SSSR count). The van der Waals surface area contributed by atoms with E-state index in [1.807, 2.05) is 17.5 Å². The first-order valence-corrected chi connectivity index (χ1v) is 9.04. The van der Waals surface area contributed by atoms with Crippen molar-refractivity contribution in [3.05, 3.63) is 65.0 Å². The van der Waals surface area contributed by atoms with E-state index >= 15 is 0 Å². The predicted octanol–water partition coefficient (Wildman–Crippen LogP) is 6.87. The second kappa shape index (κ2) is 7.45. The molecule has 1 heterocycles. The lowest BCUT2D eigenvalue weighted by molar-refractivity contribution is 0.498. The summed E-state index contributed by atoms with van der Waals surface area (Å²) in [7, 11) is 0. The van der Waals surface area contributed by atoms with E-state index in [0.717, 1.165) is 10.9 Å². The van der Waals surface area contributed by atoms with Gasteiger partial charge in [-0.05, 0) is 68.0 Å². The van der Waals surface area contributed by atoms with Gasteiger partial charge in [0.15, 0.2) is 0 Å². The van der Waals surface area contributed by atoms with Crippen LogP contribution in [0.15, 0.2) is 43.0 Å². The molecule has 1 aromatic carbocycles. The summed E-state index contributed by atoms with van der Waals surface area (Å²) in [5.41, 5.74) is 12.4. The number of halogens is 2. The third-order valence-corrected chi connectivity index (χ3v) is 5.57. The van der Waals surface area contributed by atoms with E-state index in [2.05, 4.69) is 67.9 Å². The van der Waals surface area contributed by atoms with Crippen molar-refractivity contribution in [3.63, 3.8) is 0 Å². The number of azide groups is 1. The standard InChI is InChI=1S/C11H12BrN3.C4H3BrS/c1-6(2)11(14-15-13)10-7-3-4-9(12)8(10)5-7;5-4-2-1-3-6-4/h3-4,6,11H,5H2,1-2H3;1-3H. The number of rotatable bonds is 3. The molecule has 6 heteroatoms. The summed E-state index contributed by atoms with van der Waals surface area (Å²) < 4.78 is 2.33. The molecule has 21 heavy (non-hydrogen) atoms. The Morgan fingerprint density at radius 2 is 2.05 bits per heavy atom.